The summed E-state index contributed by atoms with van der Waals surface area (Å²) in [5.41, 5.74) is 3.23. The molecule has 2 aliphatic heterocycles. The first-order chi connectivity index (χ1) is 11.7. The third-order valence-electron chi connectivity index (χ3n) is 5.07. The predicted molar refractivity (Wildman–Crippen MR) is 97.2 cm³/mol. The number of nitrogens with zero attached hydrogens (tertiary/aromatic N) is 3. The van der Waals surface area contributed by atoms with E-state index in [2.05, 4.69) is 45.0 Å². The molecule has 2 bridgehead atoms. The molecule has 0 aromatic carbocycles. The summed E-state index contributed by atoms with van der Waals surface area (Å²) >= 11 is 1.68. The van der Waals surface area contributed by atoms with Gasteiger partial charge in [0.1, 0.15) is 5.65 Å². The molecule has 5 nitrogen and oxygen atoms in total. The van der Waals surface area contributed by atoms with Gasteiger partial charge in [0.25, 0.3) is 0 Å². The van der Waals surface area contributed by atoms with Crippen LogP contribution in [0.15, 0.2) is 24.5 Å². The molecule has 2 unspecified atom stereocenters. The second-order valence-corrected chi connectivity index (χ2v) is 7.86. The molecule has 1 amide bonds. The average Bonchev–Trinajstić information content (AvgIpc) is 3.05. The van der Waals surface area contributed by atoms with E-state index in [0.717, 1.165) is 43.0 Å². The van der Waals surface area contributed by atoms with Crippen LogP contribution in [0.1, 0.15) is 30.5 Å². The third-order valence-corrected chi connectivity index (χ3v) is 6.02. The molecular weight excluding hydrogens is 320 g/mol. The SMILES string of the molecule is Cc1ccc2nc(CSCC(=O)N3C4CCNCC3CC4)cn2c1. The summed E-state index contributed by atoms with van der Waals surface area (Å²) in [4.78, 5) is 19.5. The lowest BCUT2D eigenvalue weighted by Gasteiger charge is -2.27. The summed E-state index contributed by atoms with van der Waals surface area (Å²) in [6, 6.07) is 4.97. The number of imidazole rings is 1. The van der Waals surface area contributed by atoms with Crippen molar-refractivity contribution in [2.75, 3.05) is 18.8 Å². The van der Waals surface area contributed by atoms with E-state index in [0.29, 0.717) is 23.7 Å². The minimum absolute atomic E-state index is 0.302. The van der Waals surface area contributed by atoms with Gasteiger partial charge in [-0.3, -0.25) is 4.79 Å². The molecule has 6 heteroatoms. The first-order valence-electron chi connectivity index (χ1n) is 8.74. The van der Waals surface area contributed by atoms with E-state index >= 15 is 0 Å². The molecule has 2 atom stereocenters. The number of thioether (sulfide) groups is 1. The molecule has 2 saturated heterocycles. The Hall–Kier alpha value is -1.53. The van der Waals surface area contributed by atoms with E-state index in [-0.39, 0.29) is 0 Å². The highest BCUT2D eigenvalue weighted by molar-refractivity contribution is 7.99. The van der Waals surface area contributed by atoms with Crippen LogP contribution in [0.2, 0.25) is 0 Å². The molecular formula is C18H24N4OS. The Morgan fingerprint density at radius 3 is 3.08 bits per heavy atom. The van der Waals surface area contributed by atoms with E-state index in [1.165, 1.54) is 12.0 Å². The van der Waals surface area contributed by atoms with Crippen molar-refractivity contribution < 1.29 is 4.79 Å². The van der Waals surface area contributed by atoms with Crippen molar-refractivity contribution in [3.63, 3.8) is 0 Å². The van der Waals surface area contributed by atoms with Gasteiger partial charge >= 0.3 is 0 Å². The van der Waals surface area contributed by atoms with Gasteiger partial charge in [0.15, 0.2) is 0 Å². The maximum absolute atomic E-state index is 12.7. The number of nitrogens with one attached hydrogen (secondary N) is 1. The normalized spacial score (nSPS) is 23.6. The second kappa shape index (κ2) is 6.76. The number of carbonyl (C=O) groups excluding carboxylic acids is 1. The first kappa shape index (κ1) is 16.0. The maximum Gasteiger partial charge on any atom is 0.233 e. The highest BCUT2D eigenvalue weighted by Crippen LogP contribution is 2.28. The predicted octanol–water partition coefficient (Wildman–Crippen LogP) is 2.23. The van der Waals surface area contributed by atoms with Gasteiger partial charge in [0, 0.05) is 36.8 Å². The summed E-state index contributed by atoms with van der Waals surface area (Å²) in [5.74, 6) is 1.64. The summed E-state index contributed by atoms with van der Waals surface area (Å²) in [6.45, 7) is 4.08. The largest absolute Gasteiger partial charge is 0.335 e. The van der Waals surface area contributed by atoms with Crippen molar-refractivity contribution in [3.8, 4) is 0 Å². The van der Waals surface area contributed by atoms with Crippen LogP contribution >= 0.6 is 11.8 Å². The fourth-order valence-corrected chi connectivity index (χ4v) is 4.71. The quantitative estimate of drug-likeness (QED) is 0.924. The molecule has 24 heavy (non-hydrogen) atoms. The molecule has 0 saturated carbocycles. The second-order valence-electron chi connectivity index (χ2n) is 6.88. The van der Waals surface area contributed by atoms with Crippen molar-refractivity contribution in [1.82, 2.24) is 19.6 Å². The van der Waals surface area contributed by atoms with Crippen LogP contribution in [0.25, 0.3) is 5.65 Å². The van der Waals surface area contributed by atoms with Crippen molar-refractivity contribution in [2.45, 2.75) is 44.0 Å². The smallest absolute Gasteiger partial charge is 0.233 e. The minimum Gasteiger partial charge on any atom is -0.335 e. The van der Waals surface area contributed by atoms with Crippen molar-refractivity contribution in [1.29, 1.82) is 0 Å². The highest BCUT2D eigenvalue weighted by atomic mass is 32.2. The number of fused-ring (bicyclic) bond motifs is 3. The van der Waals surface area contributed by atoms with Crippen LogP contribution in [0.5, 0.6) is 0 Å². The summed E-state index contributed by atoms with van der Waals surface area (Å²) in [5, 5.41) is 3.45. The molecule has 2 aromatic rings. The molecule has 128 valence electrons. The van der Waals surface area contributed by atoms with Gasteiger partial charge < -0.3 is 14.6 Å². The van der Waals surface area contributed by atoms with Crippen LogP contribution in [0.4, 0.5) is 0 Å². The number of hydrogen-bond acceptors (Lipinski definition) is 4. The zero-order chi connectivity index (χ0) is 16.5. The standard InChI is InChI=1S/C18H24N4OS/c1-13-2-5-17-20-14(10-21(17)9-13)11-24-12-18(23)22-15-3-4-16(22)8-19-7-6-15/h2,5,9-10,15-16,19H,3-4,6-8,11-12H2,1H3. The Labute approximate surface area is 146 Å². The maximum atomic E-state index is 12.7. The Balaban J connectivity index is 1.35. The van der Waals surface area contributed by atoms with Gasteiger partial charge in [-0.1, -0.05) is 6.07 Å². The number of carbonyl (C=O) groups is 1. The lowest BCUT2D eigenvalue weighted by molar-refractivity contribution is -0.130. The van der Waals surface area contributed by atoms with Crippen molar-refractivity contribution in [2.24, 2.45) is 0 Å². The number of aromatic nitrogens is 2. The Bertz CT molecular complexity index is 730. The van der Waals surface area contributed by atoms with Crippen LogP contribution in [-0.2, 0) is 10.5 Å². The van der Waals surface area contributed by atoms with E-state index in [1.54, 1.807) is 11.8 Å². The topological polar surface area (TPSA) is 49.6 Å². The Kier molecular flexibility index (Phi) is 4.50. The fraction of sp³-hybridized carbons (Fsp3) is 0.556. The fourth-order valence-electron chi connectivity index (χ4n) is 3.93. The van der Waals surface area contributed by atoms with Gasteiger partial charge in [-0.05, 0) is 44.4 Å². The molecule has 4 rings (SSSR count). The van der Waals surface area contributed by atoms with E-state index in [9.17, 15) is 4.79 Å². The Morgan fingerprint density at radius 1 is 1.29 bits per heavy atom. The monoisotopic (exact) mass is 344 g/mol. The number of pyridine rings is 1. The molecule has 2 fully saturated rings. The summed E-state index contributed by atoms with van der Waals surface area (Å²) in [7, 11) is 0. The molecule has 0 radical (unpaired) electrons. The minimum atomic E-state index is 0.302. The average molecular weight is 344 g/mol. The van der Waals surface area contributed by atoms with Crippen molar-refractivity contribution >= 4 is 23.3 Å². The van der Waals surface area contributed by atoms with Gasteiger partial charge in [-0.2, -0.15) is 0 Å². The van der Waals surface area contributed by atoms with Gasteiger partial charge in [0.05, 0.1) is 11.4 Å². The lowest BCUT2D eigenvalue weighted by atomic mass is 10.1. The van der Waals surface area contributed by atoms with Gasteiger partial charge in [-0.15, -0.1) is 11.8 Å². The van der Waals surface area contributed by atoms with Crippen LogP contribution in [-0.4, -0.2) is 51.1 Å². The highest BCUT2D eigenvalue weighted by Gasteiger charge is 2.37. The van der Waals surface area contributed by atoms with Crippen LogP contribution < -0.4 is 5.32 Å². The molecule has 0 aliphatic carbocycles. The lowest BCUT2D eigenvalue weighted by Crippen LogP contribution is -2.43. The zero-order valence-corrected chi connectivity index (χ0v) is 14.9. The van der Waals surface area contributed by atoms with Crippen LogP contribution in [0.3, 0.4) is 0 Å². The van der Waals surface area contributed by atoms with E-state index in [4.69, 9.17) is 0 Å². The van der Waals surface area contributed by atoms with E-state index in [1.807, 2.05) is 6.07 Å². The molecule has 2 aliphatic rings. The Morgan fingerprint density at radius 2 is 2.17 bits per heavy atom. The summed E-state index contributed by atoms with van der Waals surface area (Å²) < 4.78 is 2.06. The van der Waals surface area contributed by atoms with Crippen molar-refractivity contribution in [3.05, 3.63) is 35.8 Å². The molecule has 2 aromatic heterocycles. The first-order valence-corrected chi connectivity index (χ1v) is 9.90. The molecule has 4 heterocycles. The van der Waals surface area contributed by atoms with E-state index < -0.39 is 0 Å². The molecule has 1 N–H and O–H groups in total. The van der Waals surface area contributed by atoms with Crippen LogP contribution in [0, 0.1) is 6.92 Å². The van der Waals surface area contributed by atoms with Gasteiger partial charge in [-0.25, -0.2) is 4.98 Å². The zero-order valence-electron chi connectivity index (χ0n) is 14.1. The molecule has 0 spiro atoms. The summed E-state index contributed by atoms with van der Waals surface area (Å²) in [6.07, 6.45) is 7.58. The van der Waals surface area contributed by atoms with Gasteiger partial charge in [0.2, 0.25) is 5.91 Å². The number of hydrogen-bond donors (Lipinski definition) is 1. The number of amides is 1. The number of rotatable bonds is 4. The third kappa shape index (κ3) is 3.17. The number of aryl methyl sites for hydroxylation is 1.